The third-order valence-electron chi connectivity index (χ3n) is 4.48. The van der Waals surface area contributed by atoms with Crippen molar-refractivity contribution in [2.45, 2.75) is 38.7 Å². The number of aromatic amines is 1. The van der Waals surface area contributed by atoms with Gasteiger partial charge in [0, 0.05) is 39.3 Å². The number of H-pyrrole nitrogens is 1. The second-order valence-electron chi connectivity index (χ2n) is 6.70. The van der Waals surface area contributed by atoms with Crippen molar-refractivity contribution in [1.82, 2.24) is 20.6 Å². The van der Waals surface area contributed by atoms with Gasteiger partial charge in [0.1, 0.15) is 5.82 Å². The van der Waals surface area contributed by atoms with E-state index in [0.29, 0.717) is 12.7 Å². The van der Waals surface area contributed by atoms with E-state index in [9.17, 15) is 0 Å². The van der Waals surface area contributed by atoms with Crippen LogP contribution in [0.25, 0.3) is 11.0 Å². The first-order chi connectivity index (χ1) is 13.3. The summed E-state index contributed by atoms with van der Waals surface area (Å²) in [7, 11) is 0. The fourth-order valence-corrected chi connectivity index (χ4v) is 3.11. The molecule has 0 saturated carbocycles. The maximum Gasteiger partial charge on any atom is 0.191 e. The quantitative estimate of drug-likeness (QED) is 0.202. The van der Waals surface area contributed by atoms with Crippen LogP contribution in [0.5, 0.6) is 0 Å². The molecule has 1 aliphatic rings. The summed E-state index contributed by atoms with van der Waals surface area (Å²) in [6.07, 6.45) is 4.31. The molecule has 1 aromatic heterocycles. The molecule has 0 bridgehead atoms. The number of hydrogen-bond donors (Lipinski definition) is 3. The number of imidazole rings is 1. The molecular weight excluding hydrogens is 469 g/mol. The molecule has 1 fully saturated rings. The second kappa shape index (κ2) is 12.9. The smallest absolute Gasteiger partial charge is 0.191 e. The first kappa shape index (κ1) is 22.9. The van der Waals surface area contributed by atoms with Gasteiger partial charge in [-0.2, -0.15) is 0 Å². The van der Waals surface area contributed by atoms with Crippen molar-refractivity contribution in [3.05, 3.63) is 30.1 Å². The van der Waals surface area contributed by atoms with Crippen LogP contribution < -0.4 is 10.6 Å². The lowest BCUT2D eigenvalue weighted by atomic mass is 10.2. The van der Waals surface area contributed by atoms with Crippen molar-refractivity contribution in [1.29, 1.82) is 0 Å². The Morgan fingerprint density at radius 1 is 1.36 bits per heavy atom. The minimum absolute atomic E-state index is 0. The van der Waals surface area contributed by atoms with Gasteiger partial charge in [-0.25, -0.2) is 4.98 Å². The summed E-state index contributed by atoms with van der Waals surface area (Å²) in [6, 6.07) is 8.09. The molecule has 156 valence electrons. The number of fused-ring (bicyclic) bond motifs is 1. The Morgan fingerprint density at radius 2 is 2.25 bits per heavy atom. The summed E-state index contributed by atoms with van der Waals surface area (Å²) in [5.74, 6) is 1.83. The van der Waals surface area contributed by atoms with Crippen LogP contribution in [0.4, 0.5) is 0 Å². The summed E-state index contributed by atoms with van der Waals surface area (Å²) in [5.41, 5.74) is 2.09. The second-order valence-corrected chi connectivity index (χ2v) is 6.70. The van der Waals surface area contributed by atoms with E-state index in [1.807, 2.05) is 24.3 Å². The van der Waals surface area contributed by atoms with Gasteiger partial charge in [0.25, 0.3) is 0 Å². The fourth-order valence-electron chi connectivity index (χ4n) is 3.11. The molecule has 7 nitrogen and oxygen atoms in total. The van der Waals surface area contributed by atoms with Gasteiger partial charge in [0.05, 0.1) is 23.7 Å². The zero-order chi connectivity index (χ0) is 18.7. The van der Waals surface area contributed by atoms with Crippen molar-refractivity contribution in [2.24, 2.45) is 4.99 Å². The molecule has 2 heterocycles. The molecular formula is C20H32IN5O2. The molecule has 1 atom stereocenters. The highest BCUT2D eigenvalue weighted by Gasteiger charge is 2.14. The van der Waals surface area contributed by atoms with Crippen LogP contribution in [-0.4, -0.2) is 61.5 Å². The summed E-state index contributed by atoms with van der Waals surface area (Å²) in [4.78, 5) is 12.6. The predicted octanol–water partition coefficient (Wildman–Crippen LogP) is 2.86. The first-order valence-electron chi connectivity index (χ1n) is 10.0. The highest BCUT2D eigenvalue weighted by atomic mass is 127. The van der Waals surface area contributed by atoms with Crippen LogP contribution in [0.2, 0.25) is 0 Å². The lowest BCUT2D eigenvalue weighted by Gasteiger charge is -2.11. The summed E-state index contributed by atoms with van der Waals surface area (Å²) in [6.45, 7) is 6.74. The van der Waals surface area contributed by atoms with Gasteiger partial charge in [-0.3, -0.25) is 4.99 Å². The number of nitrogens with one attached hydrogen (secondary N) is 3. The van der Waals surface area contributed by atoms with Crippen LogP contribution in [-0.2, 0) is 15.9 Å². The molecule has 8 heteroatoms. The first-order valence-corrected chi connectivity index (χ1v) is 10.0. The van der Waals surface area contributed by atoms with Gasteiger partial charge >= 0.3 is 0 Å². The van der Waals surface area contributed by atoms with Crippen LogP contribution in [0.15, 0.2) is 29.3 Å². The molecule has 1 aromatic carbocycles. The topological polar surface area (TPSA) is 83.6 Å². The van der Waals surface area contributed by atoms with E-state index in [1.165, 1.54) is 0 Å². The maximum atomic E-state index is 5.68. The molecule has 2 aromatic rings. The molecule has 28 heavy (non-hydrogen) atoms. The largest absolute Gasteiger partial charge is 0.379 e. The Morgan fingerprint density at radius 3 is 3.04 bits per heavy atom. The number of benzene rings is 1. The van der Waals surface area contributed by atoms with Gasteiger partial charge in [-0.05, 0) is 38.3 Å². The minimum Gasteiger partial charge on any atom is -0.379 e. The average Bonchev–Trinajstić information content (AvgIpc) is 3.33. The Kier molecular flexibility index (Phi) is 10.6. The monoisotopic (exact) mass is 501 g/mol. The lowest BCUT2D eigenvalue weighted by Crippen LogP contribution is -2.38. The molecule has 1 unspecified atom stereocenters. The Bertz CT molecular complexity index is 682. The third-order valence-corrected chi connectivity index (χ3v) is 4.48. The Labute approximate surface area is 184 Å². The van der Waals surface area contributed by atoms with Gasteiger partial charge in [0.2, 0.25) is 0 Å². The van der Waals surface area contributed by atoms with Gasteiger partial charge in [0.15, 0.2) is 5.96 Å². The zero-order valence-electron chi connectivity index (χ0n) is 16.6. The standard InChI is InChI=1S/C20H31N5O2.HI/c1-2-21-20(22-11-6-13-26-15-16-7-5-14-27-16)23-12-10-19-24-17-8-3-4-9-18(17)25-19;/h3-4,8-9,16H,2,5-7,10-15H2,1H3,(H,24,25)(H2,21,22,23);1H. The number of aromatic nitrogens is 2. The van der Waals surface area contributed by atoms with E-state index < -0.39 is 0 Å². The highest BCUT2D eigenvalue weighted by molar-refractivity contribution is 14.0. The molecule has 0 aliphatic carbocycles. The van der Waals surface area contributed by atoms with E-state index in [0.717, 1.165) is 81.3 Å². The third kappa shape index (κ3) is 7.56. The van der Waals surface area contributed by atoms with E-state index in [-0.39, 0.29) is 24.0 Å². The van der Waals surface area contributed by atoms with Crippen molar-refractivity contribution in [3.63, 3.8) is 0 Å². The van der Waals surface area contributed by atoms with Crippen molar-refractivity contribution in [2.75, 3.05) is 39.5 Å². The number of halogens is 1. The number of hydrogen-bond acceptors (Lipinski definition) is 4. The van der Waals surface area contributed by atoms with Crippen molar-refractivity contribution >= 4 is 41.0 Å². The number of para-hydroxylation sites is 2. The highest BCUT2D eigenvalue weighted by Crippen LogP contribution is 2.12. The zero-order valence-corrected chi connectivity index (χ0v) is 18.9. The number of rotatable bonds is 10. The number of nitrogens with zero attached hydrogens (tertiary/aromatic N) is 2. The van der Waals surface area contributed by atoms with E-state index in [2.05, 4.69) is 32.5 Å². The summed E-state index contributed by atoms with van der Waals surface area (Å²) >= 11 is 0. The van der Waals surface area contributed by atoms with Crippen LogP contribution in [0.1, 0.15) is 32.0 Å². The minimum atomic E-state index is 0. The van der Waals surface area contributed by atoms with Gasteiger partial charge in [-0.1, -0.05) is 12.1 Å². The number of guanidine groups is 1. The molecule has 0 radical (unpaired) electrons. The SMILES string of the molecule is CCNC(=NCCCOCC1CCCO1)NCCc1nc2ccccc2[nH]1.I. The van der Waals surface area contributed by atoms with Gasteiger partial charge in [-0.15, -0.1) is 24.0 Å². The Balaban J connectivity index is 0.00000280. The van der Waals surface area contributed by atoms with Crippen LogP contribution >= 0.6 is 24.0 Å². The predicted molar refractivity (Wildman–Crippen MR) is 124 cm³/mol. The van der Waals surface area contributed by atoms with Crippen molar-refractivity contribution in [3.8, 4) is 0 Å². The molecule has 1 saturated heterocycles. The van der Waals surface area contributed by atoms with Crippen LogP contribution in [0.3, 0.4) is 0 Å². The Hall–Kier alpha value is -1.39. The maximum absolute atomic E-state index is 5.68. The molecule has 3 rings (SSSR count). The summed E-state index contributed by atoms with van der Waals surface area (Å²) in [5, 5.41) is 6.65. The molecule has 0 spiro atoms. The van der Waals surface area contributed by atoms with E-state index in [1.54, 1.807) is 0 Å². The molecule has 1 aliphatic heterocycles. The normalized spacial score (nSPS) is 16.9. The van der Waals surface area contributed by atoms with E-state index in [4.69, 9.17) is 9.47 Å². The van der Waals surface area contributed by atoms with Crippen LogP contribution in [0, 0.1) is 0 Å². The lowest BCUT2D eigenvalue weighted by molar-refractivity contribution is 0.0171. The van der Waals surface area contributed by atoms with Crippen molar-refractivity contribution < 1.29 is 9.47 Å². The fraction of sp³-hybridized carbons (Fsp3) is 0.600. The summed E-state index contributed by atoms with van der Waals surface area (Å²) < 4.78 is 11.2. The molecule has 0 amide bonds. The number of aliphatic imine (C=N–C) groups is 1. The molecule has 3 N–H and O–H groups in total. The van der Waals surface area contributed by atoms with Gasteiger partial charge < -0.3 is 25.1 Å². The average molecular weight is 501 g/mol. The van der Waals surface area contributed by atoms with E-state index >= 15 is 0 Å². The number of ether oxygens (including phenoxy) is 2.